The summed E-state index contributed by atoms with van der Waals surface area (Å²) in [5, 5.41) is 0.657. The lowest BCUT2D eigenvalue weighted by Crippen LogP contribution is -2.25. The number of amides is 1. The van der Waals surface area contributed by atoms with E-state index in [0.717, 1.165) is 5.69 Å². The van der Waals surface area contributed by atoms with Crippen LogP contribution in [0.25, 0.3) is 0 Å². The lowest BCUT2D eigenvalue weighted by Gasteiger charge is -2.15. The van der Waals surface area contributed by atoms with Crippen LogP contribution in [-0.4, -0.2) is 13.0 Å². The molecule has 0 aliphatic rings. The molecule has 16 heavy (non-hydrogen) atoms. The molecule has 0 aliphatic carbocycles. The summed E-state index contributed by atoms with van der Waals surface area (Å²) >= 11 is 1.31. The summed E-state index contributed by atoms with van der Waals surface area (Å²) in [7, 11) is 1.76. The number of nitrogen functional groups attached to an aromatic ring is 1. The maximum atomic E-state index is 12.0. The number of carbonyl (C=O) groups excluding carboxylic acids is 1. The number of nitrogens with two attached hydrogens (primary N) is 1. The van der Waals surface area contributed by atoms with Crippen molar-refractivity contribution in [3.63, 3.8) is 0 Å². The molecule has 0 fully saturated rings. The average Bonchev–Trinajstić information content (AvgIpc) is 2.75. The summed E-state index contributed by atoms with van der Waals surface area (Å²) in [5.41, 5.74) is 6.48. The zero-order chi connectivity index (χ0) is 11.5. The topological polar surface area (TPSA) is 46.3 Å². The molecule has 1 aromatic heterocycles. The number of benzene rings is 1. The first-order valence-corrected chi connectivity index (χ1v) is 5.68. The third-order valence-electron chi connectivity index (χ3n) is 2.29. The summed E-state index contributed by atoms with van der Waals surface area (Å²) in [6.45, 7) is 0. The Morgan fingerprint density at radius 3 is 2.44 bits per heavy atom. The van der Waals surface area contributed by atoms with Gasteiger partial charge >= 0.3 is 0 Å². The molecule has 0 spiro atoms. The van der Waals surface area contributed by atoms with Gasteiger partial charge in [0.1, 0.15) is 0 Å². The highest BCUT2D eigenvalue weighted by Gasteiger charge is 2.14. The number of thiophene rings is 1. The molecule has 0 saturated carbocycles. The van der Waals surface area contributed by atoms with Crippen LogP contribution in [0.3, 0.4) is 0 Å². The van der Waals surface area contributed by atoms with Crippen molar-refractivity contribution in [2.24, 2.45) is 0 Å². The Morgan fingerprint density at radius 2 is 1.88 bits per heavy atom. The van der Waals surface area contributed by atoms with Crippen molar-refractivity contribution in [2.45, 2.75) is 0 Å². The third kappa shape index (κ3) is 2.06. The minimum absolute atomic E-state index is 0.0344. The Bertz CT molecular complexity index is 493. The first kappa shape index (κ1) is 10.7. The quantitative estimate of drug-likeness (QED) is 0.865. The summed E-state index contributed by atoms with van der Waals surface area (Å²) in [4.78, 5) is 14.3. The molecule has 0 unspecified atom stereocenters. The molecule has 0 radical (unpaired) electrons. The number of rotatable bonds is 2. The van der Waals surface area contributed by atoms with E-state index >= 15 is 0 Å². The lowest BCUT2D eigenvalue weighted by atomic mass is 10.3. The van der Waals surface area contributed by atoms with Crippen LogP contribution in [0.2, 0.25) is 0 Å². The molecule has 0 atom stereocenters. The van der Waals surface area contributed by atoms with Crippen LogP contribution in [0.4, 0.5) is 10.7 Å². The lowest BCUT2D eigenvalue weighted by molar-refractivity contribution is 0.0997. The van der Waals surface area contributed by atoms with Crippen LogP contribution in [0.15, 0.2) is 42.5 Å². The number of para-hydroxylation sites is 1. The maximum Gasteiger partial charge on any atom is 0.268 e. The van der Waals surface area contributed by atoms with E-state index in [0.29, 0.717) is 9.88 Å². The van der Waals surface area contributed by atoms with Crippen LogP contribution < -0.4 is 10.6 Å². The third-order valence-corrected chi connectivity index (χ3v) is 3.19. The fourth-order valence-corrected chi connectivity index (χ4v) is 2.15. The fourth-order valence-electron chi connectivity index (χ4n) is 1.40. The van der Waals surface area contributed by atoms with Crippen molar-refractivity contribution < 1.29 is 4.79 Å². The second-order valence-corrected chi connectivity index (χ2v) is 4.52. The molecule has 2 rings (SSSR count). The normalized spacial score (nSPS) is 10.1. The first-order chi connectivity index (χ1) is 7.68. The molecule has 4 heteroatoms. The van der Waals surface area contributed by atoms with Gasteiger partial charge in [-0.05, 0) is 24.3 Å². The Balaban J connectivity index is 2.23. The van der Waals surface area contributed by atoms with Crippen LogP contribution in [-0.2, 0) is 0 Å². The largest absolute Gasteiger partial charge is 0.391 e. The molecule has 0 saturated heterocycles. The van der Waals surface area contributed by atoms with Crippen molar-refractivity contribution in [1.82, 2.24) is 0 Å². The van der Waals surface area contributed by atoms with Crippen molar-refractivity contribution in [2.75, 3.05) is 17.7 Å². The molecule has 1 heterocycles. The van der Waals surface area contributed by atoms with Crippen molar-refractivity contribution in [3.05, 3.63) is 47.3 Å². The van der Waals surface area contributed by atoms with E-state index in [2.05, 4.69) is 0 Å². The van der Waals surface area contributed by atoms with Gasteiger partial charge in [-0.3, -0.25) is 4.79 Å². The van der Waals surface area contributed by atoms with E-state index < -0.39 is 0 Å². The highest BCUT2D eigenvalue weighted by molar-refractivity contribution is 7.17. The predicted octanol–water partition coefficient (Wildman–Crippen LogP) is 2.61. The van der Waals surface area contributed by atoms with Gasteiger partial charge in [-0.15, -0.1) is 11.3 Å². The Kier molecular flexibility index (Phi) is 2.92. The molecule has 0 aliphatic heterocycles. The molecular weight excluding hydrogens is 220 g/mol. The summed E-state index contributed by atoms with van der Waals surface area (Å²) in [6, 6.07) is 13.0. The zero-order valence-corrected chi connectivity index (χ0v) is 9.70. The monoisotopic (exact) mass is 232 g/mol. The zero-order valence-electron chi connectivity index (χ0n) is 8.88. The average molecular weight is 232 g/mol. The molecule has 0 bridgehead atoms. The van der Waals surface area contributed by atoms with Gasteiger partial charge in [0.2, 0.25) is 0 Å². The molecule has 1 aromatic carbocycles. The minimum atomic E-state index is -0.0344. The van der Waals surface area contributed by atoms with E-state index in [-0.39, 0.29) is 5.91 Å². The number of nitrogens with zero attached hydrogens (tertiary/aromatic N) is 1. The predicted molar refractivity (Wildman–Crippen MR) is 67.9 cm³/mol. The van der Waals surface area contributed by atoms with Gasteiger partial charge in [0.25, 0.3) is 5.91 Å². The maximum absolute atomic E-state index is 12.0. The molecule has 2 aromatic rings. The van der Waals surface area contributed by atoms with E-state index in [1.165, 1.54) is 11.3 Å². The molecule has 1 amide bonds. The summed E-state index contributed by atoms with van der Waals surface area (Å²) < 4.78 is 0. The smallest absolute Gasteiger partial charge is 0.268 e. The fraction of sp³-hybridized carbons (Fsp3) is 0.0833. The van der Waals surface area contributed by atoms with E-state index in [1.54, 1.807) is 24.1 Å². The number of carbonyl (C=O) groups is 1. The van der Waals surface area contributed by atoms with Gasteiger partial charge < -0.3 is 10.6 Å². The highest BCUT2D eigenvalue weighted by atomic mass is 32.1. The van der Waals surface area contributed by atoms with Crippen molar-refractivity contribution in [1.29, 1.82) is 0 Å². The number of hydrogen-bond donors (Lipinski definition) is 1. The molecule has 82 valence electrons. The summed E-state index contributed by atoms with van der Waals surface area (Å²) in [6.07, 6.45) is 0. The number of hydrogen-bond acceptors (Lipinski definition) is 3. The second kappa shape index (κ2) is 4.37. The first-order valence-electron chi connectivity index (χ1n) is 4.87. The van der Waals surface area contributed by atoms with Gasteiger partial charge in [-0.2, -0.15) is 0 Å². The Morgan fingerprint density at radius 1 is 1.19 bits per heavy atom. The van der Waals surface area contributed by atoms with Crippen LogP contribution in [0.1, 0.15) is 9.67 Å². The minimum Gasteiger partial charge on any atom is -0.391 e. The van der Waals surface area contributed by atoms with Crippen LogP contribution in [0, 0.1) is 0 Å². The SMILES string of the molecule is CN(C(=O)c1ccc(N)s1)c1ccccc1. The van der Waals surface area contributed by atoms with Crippen molar-refractivity contribution in [3.8, 4) is 0 Å². The Hall–Kier alpha value is -1.81. The molecular formula is C12H12N2OS. The van der Waals surface area contributed by atoms with E-state index in [9.17, 15) is 4.79 Å². The van der Waals surface area contributed by atoms with E-state index in [4.69, 9.17) is 5.73 Å². The van der Waals surface area contributed by atoms with Gasteiger partial charge in [0, 0.05) is 12.7 Å². The van der Waals surface area contributed by atoms with Crippen LogP contribution >= 0.6 is 11.3 Å². The van der Waals surface area contributed by atoms with Gasteiger partial charge in [-0.25, -0.2) is 0 Å². The second-order valence-electron chi connectivity index (χ2n) is 3.40. The van der Waals surface area contributed by atoms with Gasteiger partial charge in [0.05, 0.1) is 9.88 Å². The van der Waals surface area contributed by atoms with Gasteiger partial charge in [0.15, 0.2) is 0 Å². The number of anilines is 2. The van der Waals surface area contributed by atoms with Gasteiger partial charge in [-0.1, -0.05) is 18.2 Å². The van der Waals surface area contributed by atoms with Crippen molar-refractivity contribution >= 4 is 27.9 Å². The molecule has 2 N–H and O–H groups in total. The highest BCUT2D eigenvalue weighted by Crippen LogP contribution is 2.22. The summed E-state index contributed by atoms with van der Waals surface area (Å²) in [5.74, 6) is -0.0344. The standard InChI is InChI=1S/C12H12N2OS/c1-14(9-5-3-2-4-6-9)12(15)10-7-8-11(13)16-10/h2-8H,13H2,1H3. The van der Waals surface area contributed by atoms with Crippen LogP contribution in [0.5, 0.6) is 0 Å². The Labute approximate surface area is 98.1 Å². The van der Waals surface area contributed by atoms with E-state index in [1.807, 2.05) is 30.3 Å². The molecule has 3 nitrogen and oxygen atoms in total.